The van der Waals surface area contributed by atoms with Crippen LogP contribution in [-0.4, -0.2) is 39.4 Å². The number of hydrogen-bond acceptors (Lipinski definition) is 4. The van der Waals surface area contributed by atoms with E-state index in [9.17, 15) is 4.79 Å². The summed E-state index contributed by atoms with van der Waals surface area (Å²) in [6.45, 7) is 5.37. The molecule has 1 rings (SSSR count). The van der Waals surface area contributed by atoms with Crippen LogP contribution in [-0.2, 0) is 14.3 Å². The van der Waals surface area contributed by atoms with E-state index in [4.69, 9.17) is 4.74 Å². The highest BCUT2D eigenvalue weighted by atomic mass is 16.5. The summed E-state index contributed by atoms with van der Waals surface area (Å²) in [5.41, 5.74) is 0.689. The fourth-order valence-corrected chi connectivity index (χ4v) is 1.96. The van der Waals surface area contributed by atoms with Crippen LogP contribution in [0.2, 0.25) is 0 Å². The largest absolute Gasteiger partial charge is 0.466 e. The van der Waals surface area contributed by atoms with Gasteiger partial charge >= 0.3 is 5.97 Å². The van der Waals surface area contributed by atoms with Crippen LogP contribution >= 0.6 is 0 Å². The minimum atomic E-state index is -0.254. The Hall–Kier alpha value is -0.870. The van der Waals surface area contributed by atoms with E-state index in [1.807, 2.05) is 13.0 Å². The average molecular weight is 241 g/mol. The molecule has 4 nitrogen and oxygen atoms in total. The lowest BCUT2D eigenvalue weighted by molar-refractivity contribution is -0.136. The molecule has 98 valence electrons. The van der Waals surface area contributed by atoms with Crippen molar-refractivity contribution < 1.29 is 14.3 Å². The summed E-state index contributed by atoms with van der Waals surface area (Å²) in [5.74, 6) is 0.357. The zero-order valence-corrected chi connectivity index (χ0v) is 10.8. The van der Waals surface area contributed by atoms with Crippen LogP contribution in [0.25, 0.3) is 0 Å². The summed E-state index contributed by atoms with van der Waals surface area (Å²) < 4.78 is 10.3. The molecule has 1 aliphatic heterocycles. The molecular weight excluding hydrogens is 218 g/mol. The Morgan fingerprint density at radius 2 is 2.35 bits per heavy atom. The van der Waals surface area contributed by atoms with E-state index in [0.717, 1.165) is 19.7 Å². The van der Waals surface area contributed by atoms with E-state index in [1.165, 1.54) is 20.0 Å². The monoisotopic (exact) mass is 241 g/mol. The van der Waals surface area contributed by atoms with Gasteiger partial charge in [-0.2, -0.15) is 0 Å². The van der Waals surface area contributed by atoms with Gasteiger partial charge in [0.05, 0.1) is 20.3 Å². The van der Waals surface area contributed by atoms with Crippen molar-refractivity contribution in [3.8, 4) is 0 Å². The molecule has 1 saturated heterocycles. The first kappa shape index (κ1) is 14.2. The molecular formula is C13H23NO3. The second-order valence-corrected chi connectivity index (χ2v) is 4.32. The standard InChI is InChI=1S/C13H23NO3/c1-3-12(13(15)16-2)6-8-17-10-11-5-4-7-14-9-11/h6,11,14H,3-5,7-10H2,1-2H3. The van der Waals surface area contributed by atoms with E-state index in [-0.39, 0.29) is 5.97 Å². The molecule has 1 atom stereocenters. The zero-order chi connectivity index (χ0) is 12.5. The lowest BCUT2D eigenvalue weighted by atomic mass is 10.0. The van der Waals surface area contributed by atoms with Gasteiger partial charge in [0.1, 0.15) is 0 Å². The van der Waals surface area contributed by atoms with Gasteiger partial charge in [-0.05, 0) is 37.8 Å². The summed E-state index contributed by atoms with van der Waals surface area (Å²) in [6.07, 6.45) is 4.96. The molecule has 17 heavy (non-hydrogen) atoms. The van der Waals surface area contributed by atoms with Crippen LogP contribution in [0.5, 0.6) is 0 Å². The van der Waals surface area contributed by atoms with Crippen molar-refractivity contribution in [3.05, 3.63) is 11.6 Å². The van der Waals surface area contributed by atoms with Gasteiger partial charge in [0.15, 0.2) is 0 Å². The minimum absolute atomic E-state index is 0.254. The van der Waals surface area contributed by atoms with Gasteiger partial charge in [-0.3, -0.25) is 0 Å². The molecule has 0 saturated carbocycles. The number of rotatable bonds is 6. The van der Waals surface area contributed by atoms with Crippen molar-refractivity contribution in [3.63, 3.8) is 0 Å². The van der Waals surface area contributed by atoms with Crippen molar-refractivity contribution in [2.24, 2.45) is 5.92 Å². The van der Waals surface area contributed by atoms with Crippen LogP contribution in [0.1, 0.15) is 26.2 Å². The third-order valence-corrected chi connectivity index (χ3v) is 3.03. The van der Waals surface area contributed by atoms with E-state index in [1.54, 1.807) is 0 Å². The molecule has 1 unspecified atom stereocenters. The average Bonchev–Trinajstić information content (AvgIpc) is 2.39. The summed E-state index contributed by atoms with van der Waals surface area (Å²) >= 11 is 0. The summed E-state index contributed by atoms with van der Waals surface area (Å²) in [4.78, 5) is 11.3. The second-order valence-electron chi connectivity index (χ2n) is 4.32. The minimum Gasteiger partial charge on any atom is -0.466 e. The Balaban J connectivity index is 2.20. The van der Waals surface area contributed by atoms with Crippen LogP contribution < -0.4 is 5.32 Å². The highest BCUT2D eigenvalue weighted by Gasteiger charge is 2.12. The molecule has 0 bridgehead atoms. The molecule has 0 aliphatic carbocycles. The van der Waals surface area contributed by atoms with Gasteiger partial charge in [0, 0.05) is 12.1 Å². The number of nitrogens with one attached hydrogen (secondary N) is 1. The number of hydrogen-bond donors (Lipinski definition) is 1. The van der Waals surface area contributed by atoms with Gasteiger partial charge in [-0.15, -0.1) is 0 Å². The second kappa shape index (κ2) is 8.25. The molecule has 1 N–H and O–H groups in total. The number of piperidine rings is 1. The quantitative estimate of drug-likeness (QED) is 0.435. The highest BCUT2D eigenvalue weighted by molar-refractivity contribution is 5.88. The first-order chi connectivity index (χ1) is 8.27. The third-order valence-electron chi connectivity index (χ3n) is 3.03. The fraction of sp³-hybridized carbons (Fsp3) is 0.769. The third kappa shape index (κ3) is 5.33. The highest BCUT2D eigenvalue weighted by Crippen LogP contribution is 2.10. The van der Waals surface area contributed by atoms with Crippen LogP contribution in [0.3, 0.4) is 0 Å². The number of carbonyl (C=O) groups is 1. The van der Waals surface area contributed by atoms with Gasteiger partial charge in [-0.25, -0.2) is 4.79 Å². The molecule has 0 radical (unpaired) electrons. The number of esters is 1. The van der Waals surface area contributed by atoms with Crippen LogP contribution in [0.15, 0.2) is 11.6 Å². The van der Waals surface area contributed by atoms with Crippen molar-refractivity contribution in [1.29, 1.82) is 0 Å². The number of methoxy groups -OCH3 is 1. The molecule has 0 aromatic carbocycles. The maximum Gasteiger partial charge on any atom is 0.333 e. The molecule has 1 aliphatic rings. The van der Waals surface area contributed by atoms with Crippen molar-refractivity contribution in [1.82, 2.24) is 5.32 Å². The predicted octanol–water partition coefficient (Wildman–Crippen LogP) is 1.51. The number of ether oxygens (including phenoxy) is 2. The van der Waals surface area contributed by atoms with Crippen molar-refractivity contribution in [2.75, 3.05) is 33.4 Å². The SMILES string of the molecule is CCC(=CCOCC1CCCNC1)C(=O)OC. The van der Waals surface area contributed by atoms with Gasteiger partial charge < -0.3 is 14.8 Å². The normalized spacial score (nSPS) is 21.3. The Morgan fingerprint density at radius 3 is 2.94 bits per heavy atom. The van der Waals surface area contributed by atoms with Gasteiger partial charge in [-0.1, -0.05) is 6.92 Å². The topological polar surface area (TPSA) is 47.6 Å². The first-order valence-corrected chi connectivity index (χ1v) is 6.33. The Labute approximate surface area is 103 Å². The summed E-state index contributed by atoms with van der Waals surface area (Å²) in [7, 11) is 1.40. The van der Waals surface area contributed by atoms with Crippen molar-refractivity contribution >= 4 is 5.97 Å². The van der Waals surface area contributed by atoms with E-state index < -0.39 is 0 Å². The summed E-state index contributed by atoms with van der Waals surface area (Å²) in [6, 6.07) is 0. The maximum atomic E-state index is 11.3. The zero-order valence-electron chi connectivity index (χ0n) is 10.8. The predicted molar refractivity (Wildman–Crippen MR) is 66.8 cm³/mol. The Bertz CT molecular complexity index is 257. The fourth-order valence-electron chi connectivity index (χ4n) is 1.96. The molecule has 4 heteroatoms. The molecule has 0 amide bonds. The molecule has 0 aromatic rings. The number of carbonyl (C=O) groups excluding carboxylic acids is 1. The Morgan fingerprint density at radius 1 is 1.53 bits per heavy atom. The van der Waals surface area contributed by atoms with Gasteiger partial charge in [0.25, 0.3) is 0 Å². The maximum absolute atomic E-state index is 11.3. The Kier molecular flexibility index (Phi) is 6.89. The van der Waals surface area contributed by atoms with Gasteiger partial charge in [0.2, 0.25) is 0 Å². The van der Waals surface area contributed by atoms with Crippen LogP contribution in [0.4, 0.5) is 0 Å². The lowest BCUT2D eigenvalue weighted by Crippen LogP contribution is -2.32. The molecule has 1 heterocycles. The van der Waals surface area contributed by atoms with E-state index in [2.05, 4.69) is 10.1 Å². The first-order valence-electron chi connectivity index (χ1n) is 6.33. The molecule has 0 aromatic heterocycles. The summed E-state index contributed by atoms with van der Waals surface area (Å²) in [5, 5.41) is 3.35. The van der Waals surface area contributed by atoms with Crippen LogP contribution in [0, 0.1) is 5.92 Å². The lowest BCUT2D eigenvalue weighted by Gasteiger charge is -2.22. The smallest absolute Gasteiger partial charge is 0.333 e. The molecule has 1 fully saturated rings. The van der Waals surface area contributed by atoms with E-state index >= 15 is 0 Å². The van der Waals surface area contributed by atoms with E-state index in [0.29, 0.717) is 24.5 Å². The molecule has 0 spiro atoms. The van der Waals surface area contributed by atoms with Crippen molar-refractivity contribution in [2.45, 2.75) is 26.2 Å².